The highest BCUT2D eigenvalue weighted by atomic mass is 16.5. The normalized spacial score (nSPS) is 19.2. The van der Waals surface area contributed by atoms with Gasteiger partial charge in [-0.1, -0.05) is 24.3 Å². The van der Waals surface area contributed by atoms with Crippen LogP contribution in [0.1, 0.15) is 40.9 Å². The number of benzene rings is 2. The topological polar surface area (TPSA) is 48.6 Å². The molecular formula is C25H29N3O2. The molecular weight excluding hydrogens is 374 g/mol. The van der Waals surface area contributed by atoms with E-state index in [0.717, 1.165) is 42.6 Å². The number of amides is 1. The van der Waals surface area contributed by atoms with Gasteiger partial charge < -0.3 is 19.5 Å². The third-order valence-electron chi connectivity index (χ3n) is 6.63. The Bertz CT molecular complexity index is 1060. The first-order valence-corrected chi connectivity index (χ1v) is 11.0. The van der Waals surface area contributed by atoms with Crippen molar-refractivity contribution in [1.29, 1.82) is 0 Å². The number of likely N-dealkylation sites (tertiary alicyclic amines) is 1. The molecule has 0 spiro atoms. The van der Waals surface area contributed by atoms with Gasteiger partial charge in [-0.2, -0.15) is 0 Å². The fourth-order valence-corrected chi connectivity index (χ4v) is 4.81. The Morgan fingerprint density at radius 1 is 1.13 bits per heavy atom. The minimum atomic E-state index is 0.0624. The van der Waals surface area contributed by atoms with Gasteiger partial charge in [-0.15, -0.1) is 0 Å². The number of hydrogen-bond acceptors (Lipinski definition) is 3. The van der Waals surface area contributed by atoms with Crippen molar-refractivity contribution in [3.05, 3.63) is 65.4 Å². The van der Waals surface area contributed by atoms with Crippen LogP contribution in [0.25, 0.3) is 10.9 Å². The fourth-order valence-electron chi connectivity index (χ4n) is 4.81. The Morgan fingerprint density at radius 2 is 2.00 bits per heavy atom. The van der Waals surface area contributed by atoms with Crippen LogP contribution in [0.3, 0.4) is 0 Å². The smallest absolute Gasteiger partial charge is 0.270 e. The third kappa shape index (κ3) is 3.82. The molecule has 0 radical (unpaired) electrons. The van der Waals surface area contributed by atoms with Crippen molar-refractivity contribution in [3.8, 4) is 5.75 Å². The molecule has 1 atom stereocenters. The number of aromatic amines is 1. The van der Waals surface area contributed by atoms with Crippen molar-refractivity contribution in [1.82, 2.24) is 14.8 Å². The molecule has 5 rings (SSSR count). The van der Waals surface area contributed by atoms with Gasteiger partial charge in [0, 0.05) is 30.0 Å². The Hall–Kier alpha value is -2.79. The summed E-state index contributed by atoms with van der Waals surface area (Å²) in [6.07, 6.45) is 4.52. The van der Waals surface area contributed by atoms with Gasteiger partial charge in [0.2, 0.25) is 0 Å². The van der Waals surface area contributed by atoms with Gasteiger partial charge in [0.05, 0.1) is 6.61 Å². The highest BCUT2D eigenvalue weighted by Gasteiger charge is 2.23. The van der Waals surface area contributed by atoms with Crippen LogP contribution < -0.4 is 4.74 Å². The van der Waals surface area contributed by atoms with Gasteiger partial charge in [0.25, 0.3) is 5.91 Å². The first-order valence-electron chi connectivity index (χ1n) is 11.0. The van der Waals surface area contributed by atoms with Crippen LogP contribution in [0.4, 0.5) is 0 Å². The van der Waals surface area contributed by atoms with Crippen LogP contribution in [-0.2, 0) is 13.0 Å². The van der Waals surface area contributed by atoms with Crippen molar-refractivity contribution in [3.63, 3.8) is 0 Å². The average Bonchev–Trinajstić information content (AvgIpc) is 3.38. The van der Waals surface area contributed by atoms with Gasteiger partial charge in [0.1, 0.15) is 11.4 Å². The Balaban J connectivity index is 1.25. The summed E-state index contributed by atoms with van der Waals surface area (Å²) in [5.41, 5.74) is 4.22. The van der Waals surface area contributed by atoms with Gasteiger partial charge >= 0.3 is 0 Å². The number of fused-ring (bicyclic) bond motifs is 2. The quantitative estimate of drug-likeness (QED) is 0.694. The Morgan fingerprint density at radius 3 is 2.83 bits per heavy atom. The maximum Gasteiger partial charge on any atom is 0.270 e. The maximum absolute atomic E-state index is 13.1. The van der Waals surface area contributed by atoms with Crippen LogP contribution in [0.5, 0.6) is 5.75 Å². The fraction of sp³-hybridized carbons (Fsp3) is 0.400. The van der Waals surface area contributed by atoms with E-state index in [-0.39, 0.29) is 5.91 Å². The molecule has 1 N–H and O–H groups in total. The number of carbonyl (C=O) groups excluding carboxylic acids is 1. The lowest BCUT2D eigenvalue weighted by atomic mass is 10.00. The molecule has 0 saturated carbocycles. The summed E-state index contributed by atoms with van der Waals surface area (Å²) < 4.78 is 6.01. The van der Waals surface area contributed by atoms with Crippen molar-refractivity contribution in [2.24, 2.45) is 0 Å². The standard InChI is InChI=1S/C25H29N3O2/c1-27-12-4-7-21(27)11-14-30-22-8-9-23-20(15-22)16-24(26-23)25(29)28-13-10-18-5-2-3-6-19(18)17-28/h2-3,5-6,8-9,15-16,21,26H,4,7,10-14,17H2,1H3. The van der Waals surface area contributed by atoms with Crippen LogP contribution in [0.15, 0.2) is 48.5 Å². The summed E-state index contributed by atoms with van der Waals surface area (Å²) in [5.74, 6) is 0.931. The second kappa shape index (κ2) is 8.15. The first-order chi connectivity index (χ1) is 14.7. The van der Waals surface area contributed by atoms with E-state index in [1.165, 1.54) is 30.5 Å². The maximum atomic E-state index is 13.1. The van der Waals surface area contributed by atoms with E-state index in [1.54, 1.807) is 0 Å². The molecule has 5 nitrogen and oxygen atoms in total. The van der Waals surface area contributed by atoms with Crippen molar-refractivity contribution in [2.45, 2.75) is 38.3 Å². The minimum Gasteiger partial charge on any atom is -0.494 e. The van der Waals surface area contributed by atoms with E-state index in [4.69, 9.17) is 4.74 Å². The number of hydrogen-bond donors (Lipinski definition) is 1. The predicted octanol–water partition coefficient (Wildman–Crippen LogP) is 4.23. The lowest BCUT2D eigenvalue weighted by molar-refractivity contribution is 0.0729. The number of nitrogens with zero attached hydrogens (tertiary/aromatic N) is 2. The number of H-pyrrole nitrogens is 1. The predicted molar refractivity (Wildman–Crippen MR) is 119 cm³/mol. The molecule has 0 bridgehead atoms. The minimum absolute atomic E-state index is 0.0624. The number of nitrogens with one attached hydrogen (secondary N) is 1. The molecule has 2 aliphatic rings. The highest BCUT2D eigenvalue weighted by molar-refractivity contribution is 5.98. The Labute approximate surface area is 177 Å². The number of carbonyl (C=O) groups is 1. The largest absolute Gasteiger partial charge is 0.494 e. The van der Waals surface area contributed by atoms with E-state index in [0.29, 0.717) is 18.3 Å². The molecule has 0 aliphatic carbocycles. The van der Waals surface area contributed by atoms with Crippen LogP contribution in [-0.4, -0.2) is 53.5 Å². The van der Waals surface area contributed by atoms with E-state index < -0.39 is 0 Å². The van der Waals surface area contributed by atoms with E-state index >= 15 is 0 Å². The summed E-state index contributed by atoms with van der Waals surface area (Å²) >= 11 is 0. The van der Waals surface area contributed by atoms with Crippen LogP contribution in [0.2, 0.25) is 0 Å². The van der Waals surface area contributed by atoms with E-state index in [1.807, 2.05) is 35.2 Å². The molecule has 1 amide bonds. The highest BCUT2D eigenvalue weighted by Crippen LogP contribution is 2.25. The second-order valence-corrected chi connectivity index (χ2v) is 8.59. The van der Waals surface area contributed by atoms with Crippen molar-refractivity contribution in [2.75, 3.05) is 26.7 Å². The summed E-state index contributed by atoms with van der Waals surface area (Å²) in [4.78, 5) is 20.7. The van der Waals surface area contributed by atoms with Crippen molar-refractivity contribution >= 4 is 16.8 Å². The summed E-state index contributed by atoms with van der Waals surface area (Å²) in [6.45, 7) is 3.35. The summed E-state index contributed by atoms with van der Waals surface area (Å²) in [7, 11) is 2.20. The second-order valence-electron chi connectivity index (χ2n) is 8.59. The monoisotopic (exact) mass is 403 g/mol. The molecule has 3 aromatic rings. The lowest BCUT2D eigenvalue weighted by Gasteiger charge is -2.28. The van der Waals surface area contributed by atoms with Gasteiger partial charge in [-0.25, -0.2) is 0 Å². The number of aromatic nitrogens is 1. The third-order valence-corrected chi connectivity index (χ3v) is 6.63. The van der Waals surface area contributed by atoms with Crippen LogP contribution >= 0.6 is 0 Å². The molecule has 3 heterocycles. The molecule has 2 aliphatic heterocycles. The number of ether oxygens (including phenoxy) is 1. The molecule has 2 aromatic carbocycles. The van der Waals surface area contributed by atoms with Gasteiger partial charge in [-0.3, -0.25) is 4.79 Å². The molecule has 1 saturated heterocycles. The lowest BCUT2D eigenvalue weighted by Crippen LogP contribution is -2.36. The molecule has 5 heteroatoms. The SMILES string of the molecule is CN1CCCC1CCOc1ccc2[nH]c(C(=O)N3CCc4ccccc4C3)cc2c1. The van der Waals surface area contributed by atoms with Gasteiger partial charge in [-0.05, 0) is 74.7 Å². The van der Waals surface area contributed by atoms with E-state index in [9.17, 15) is 4.79 Å². The zero-order valence-corrected chi connectivity index (χ0v) is 17.6. The van der Waals surface area contributed by atoms with Crippen LogP contribution in [0, 0.1) is 0 Å². The molecule has 156 valence electrons. The first kappa shape index (κ1) is 19.2. The average molecular weight is 404 g/mol. The molecule has 1 aromatic heterocycles. The molecule has 30 heavy (non-hydrogen) atoms. The zero-order chi connectivity index (χ0) is 20.5. The zero-order valence-electron chi connectivity index (χ0n) is 17.6. The van der Waals surface area contributed by atoms with Crippen molar-refractivity contribution < 1.29 is 9.53 Å². The summed E-state index contributed by atoms with van der Waals surface area (Å²) in [6, 6.07) is 17.0. The van der Waals surface area contributed by atoms with E-state index in [2.05, 4.69) is 35.1 Å². The summed E-state index contributed by atoms with van der Waals surface area (Å²) in [5, 5.41) is 1.02. The Kier molecular flexibility index (Phi) is 5.21. The molecule has 1 unspecified atom stereocenters. The number of rotatable bonds is 5. The van der Waals surface area contributed by atoms with Gasteiger partial charge in [0.15, 0.2) is 0 Å². The molecule has 1 fully saturated rings.